The van der Waals surface area contributed by atoms with E-state index in [0.29, 0.717) is 0 Å². The number of hydrogen-bond donors (Lipinski definition) is 2. The van der Waals surface area contributed by atoms with Crippen LogP contribution in [-0.2, 0) is 9.84 Å². The van der Waals surface area contributed by atoms with Crippen LogP contribution in [0.15, 0.2) is 23.1 Å². The van der Waals surface area contributed by atoms with Crippen LogP contribution in [0, 0.1) is 10.1 Å². The van der Waals surface area contributed by atoms with Crippen molar-refractivity contribution in [2.45, 2.75) is 17.9 Å². The van der Waals surface area contributed by atoms with Gasteiger partial charge in [-0.1, -0.05) is 0 Å². The Morgan fingerprint density at radius 1 is 1.50 bits per heavy atom. The largest absolute Gasteiger partial charge is 0.392 e. The van der Waals surface area contributed by atoms with Gasteiger partial charge in [0.05, 0.1) is 15.9 Å². The minimum atomic E-state index is -3.49. The second-order valence-corrected chi connectivity index (χ2v) is 5.95. The second-order valence-electron chi connectivity index (χ2n) is 3.94. The van der Waals surface area contributed by atoms with Gasteiger partial charge in [-0.15, -0.1) is 0 Å². The zero-order valence-electron chi connectivity index (χ0n) is 9.95. The summed E-state index contributed by atoms with van der Waals surface area (Å²) in [6, 6.07) is 3.60. The fourth-order valence-electron chi connectivity index (χ4n) is 1.30. The first-order valence-corrected chi connectivity index (χ1v) is 7.01. The Hall–Kier alpha value is -1.67. The van der Waals surface area contributed by atoms with Crippen molar-refractivity contribution in [1.82, 2.24) is 0 Å². The molecule has 1 aromatic rings. The van der Waals surface area contributed by atoms with Crippen LogP contribution in [0.4, 0.5) is 11.4 Å². The van der Waals surface area contributed by atoms with Crippen LogP contribution in [0.2, 0.25) is 0 Å². The van der Waals surface area contributed by atoms with E-state index in [1.165, 1.54) is 19.1 Å². The van der Waals surface area contributed by atoms with Crippen LogP contribution in [0.3, 0.4) is 0 Å². The van der Waals surface area contributed by atoms with Gasteiger partial charge in [0.15, 0.2) is 9.84 Å². The van der Waals surface area contributed by atoms with Gasteiger partial charge in [-0.2, -0.15) is 0 Å². The molecule has 0 unspecified atom stereocenters. The summed E-state index contributed by atoms with van der Waals surface area (Å²) >= 11 is 0. The number of aliphatic hydroxyl groups is 1. The van der Waals surface area contributed by atoms with Crippen molar-refractivity contribution in [3.63, 3.8) is 0 Å². The monoisotopic (exact) mass is 274 g/mol. The standard InChI is InChI=1S/C10H14N2O5S/c1-7(13)6-11-9-4-3-8(18(2,16)17)5-10(9)12(14)15/h3-5,7,11,13H,6H2,1-2H3/t7-/m1/s1. The van der Waals surface area contributed by atoms with E-state index >= 15 is 0 Å². The molecule has 0 heterocycles. The molecule has 1 rings (SSSR count). The molecule has 2 N–H and O–H groups in total. The van der Waals surface area contributed by atoms with Crippen LogP contribution in [0.1, 0.15) is 6.92 Å². The van der Waals surface area contributed by atoms with E-state index in [1.54, 1.807) is 0 Å². The Morgan fingerprint density at radius 3 is 2.56 bits per heavy atom. The highest BCUT2D eigenvalue weighted by atomic mass is 32.2. The van der Waals surface area contributed by atoms with Crippen molar-refractivity contribution < 1.29 is 18.4 Å². The average Bonchev–Trinajstić information content (AvgIpc) is 2.24. The lowest BCUT2D eigenvalue weighted by Gasteiger charge is -2.09. The van der Waals surface area contributed by atoms with E-state index in [4.69, 9.17) is 5.11 Å². The molecular weight excluding hydrogens is 260 g/mol. The third kappa shape index (κ3) is 3.67. The van der Waals surface area contributed by atoms with Crippen LogP contribution >= 0.6 is 0 Å². The number of hydrogen-bond acceptors (Lipinski definition) is 6. The number of nitrogens with one attached hydrogen (secondary N) is 1. The maximum atomic E-state index is 11.3. The summed E-state index contributed by atoms with van der Waals surface area (Å²) in [7, 11) is -3.49. The highest BCUT2D eigenvalue weighted by Gasteiger charge is 2.18. The molecule has 1 aromatic carbocycles. The molecule has 0 saturated heterocycles. The molecule has 0 bridgehead atoms. The number of anilines is 1. The fraction of sp³-hybridized carbons (Fsp3) is 0.400. The Kier molecular flexibility index (Phi) is 4.25. The van der Waals surface area contributed by atoms with Gasteiger partial charge in [0.2, 0.25) is 0 Å². The Bertz CT molecular complexity index is 553. The first-order valence-electron chi connectivity index (χ1n) is 5.12. The van der Waals surface area contributed by atoms with Crippen molar-refractivity contribution in [3.8, 4) is 0 Å². The highest BCUT2D eigenvalue weighted by molar-refractivity contribution is 7.90. The Labute approximate surface area is 105 Å². The summed E-state index contributed by atoms with van der Waals surface area (Å²) in [4.78, 5) is 10.1. The maximum absolute atomic E-state index is 11.3. The first kappa shape index (κ1) is 14.4. The lowest BCUT2D eigenvalue weighted by Crippen LogP contribution is -2.16. The van der Waals surface area contributed by atoms with Crippen molar-refractivity contribution in [1.29, 1.82) is 0 Å². The van der Waals surface area contributed by atoms with E-state index in [2.05, 4.69) is 5.32 Å². The molecule has 0 amide bonds. The number of rotatable bonds is 5. The average molecular weight is 274 g/mol. The number of benzene rings is 1. The molecule has 8 heteroatoms. The summed E-state index contributed by atoms with van der Waals surface area (Å²) in [6.07, 6.45) is 0.314. The molecule has 0 spiro atoms. The molecule has 0 aromatic heterocycles. The first-order chi connectivity index (χ1) is 8.21. The second kappa shape index (κ2) is 5.32. The van der Waals surface area contributed by atoms with Gasteiger partial charge in [0, 0.05) is 18.9 Å². The van der Waals surface area contributed by atoms with Crippen LogP contribution in [0.5, 0.6) is 0 Å². The zero-order valence-corrected chi connectivity index (χ0v) is 10.8. The summed E-state index contributed by atoms with van der Waals surface area (Å²) in [6.45, 7) is 1.67. The fourth-order valence-corrected chi connectivity index (χ4v) is 1.94. The third-order valence-electron chi connectivity index (χ3n) is 2.18. The smallest absolute Gasteiger partial charge is 0.293 e. The number of nitro groups is 1. The number of sulfone groups is 1. The minimum Gasteiger partial charge on any atom is -0.392 e. The van der Waals surface area contributed by atoms with Gasteiger partial charge in [0.1, 0.15) is 5.69 Å². The summed E-state index contributed by atoms with van der Waals surface area (Å²) < 4.78 is 22.6. The van der Waals surface area contributed by atoms with E-state index < -0.39 is 20.9 Å². The topological polar surface area (TPSA) is 110 Å². The third-order valence-corrected chi connectivity index (χ3v) is 3.29. The molecule has 0 aliphatic carbocycles. The summed E-state index contributed by atoms with van der Waals surface area (Å²) in [5.74, 6) is 0. The Balaban J connectivity index is 3.17. The number of nitrogens with zero attached hydrogens (tertiary/aromatic N) is 1. The summed E-state index contributed by atoms with van der Waals surface area (Å²) in [5.41, 5.74) is -0.160. The normalized spacial score (nSPS) is 13.1. The van der Waals surface area contributed by atoms with Crippen LogP contribution in [0.25, 0.3) is 0 Å². The van der Waals surface area contributed by atoms with E-state index in [1.807, 2.05) is 0 Å². The van der Waals surface area contributed by atoms with Crippen molar-refractivity contribution in [2.24, 2.45) is 0 Å². The maximum Gasteiger partial charge on any atom is 0.293 e. The van der Waals surface area contributed by atoms with Crippen molar-refractivity contribution in [3.05, 3.63) is 28.3 Å². The molecule has 0 aliphatic heterocycles. The van der Waals surface area contributed by atoms with Gasteiger partial charge < -0.3 is 10.4 Å². The molecule has 0 radical (unpaired) electrons. The molecule has 100 valence electrons. The van der Waals surface area contributed by atoms with Gasteiger partial charge in [0.25, 0.3) is 5.69 Å². The summed E-state index contributed by atoms with van der Waals surface area (Å²) in [5, 5.41) is 22.6. The molecule has 0 fully saturated rings. The SMILES string of the molecule is C[C@@H](O)CNc1ccc(S(C)(=O)=O)cc1[N+](=O)[O-]. The number of aliphatic hydroxyl groups excluding tert-OH is 1. The molecular formula is C10H14N2O5S. The van der Waals surface area contributed by atoms with E-state index in [-0.39, 0.29) is 22.8 Å². The zero-order chi connectivity index (χ0) is 13.9. The van der Waals surface area contributed by atoms with Crippen molar-refractivity contribution in [2.75, 3.05) is 18.1 Å². The Morgan fingerprint density at radius 2 is 2.11 bits per heavy atom. The lowest BCUT2D eigenvalue weighted by molar-refractivity contribution is -0.384. The van der Waals surface area contributed by atoms with Crippen LogP contribution in [-0.4, -0.2) is 37.4 Å². The lowest BCUT2D eigenvalue weighted by atomic mass is 10.2. The van der Waals surface area contributed by atoms with E-state index in [0.717, 1.165) is 12.3 Å². The molecule has 0 aliphatic rings. The van der Waals surface area contributed by atoms with Gasteiger partial charge in [-0.25, -0.2) is 8.42 Å². The van der Waals surface area contributed by atoms with Crippen LogP contribution < -0.4 is 5.32 Å². The van der Waals surface area contributed by atoms with Crippen molar-refractivity contribution >= 4 is 21.2 Å². The molecule has 0 saturated carbocycles. The molecule has 7 nitrogen and oxygen atoms in total. The highest BCUT2D eigenvalue weighted by Crippen LogP contribution is 2.27. The predicted molar refractivity (Wildman–Crippen MR) is 66.4 cm³/mol. The predicted octanol–water partition coefficient (Wildman–Crippen LogP) is 0.791. The van der Waals surface area contributed by atoms with E-state index in [9.17, 15) is 18.5 Å². The van der Waals surface area contributed by atoms with Gasteiger partial charge >= 0.3 is 0 Å². The molecule has 1 atom stereocenters. The molecule has 18 heavy (non-hydrogen) atoms. The van der Waals surface area contributed by atoms with Gasteiger partial charge in [-0.3, -0.25) is 10.1 Å². The quantitative estimate of drug-likeness (QED) is 0.607. The van der Waals surface area contributed by atoms with Gasteiger partial charge in [-0.05, 0) is 19.1 Å². The number of nitro benzene ring substituents is 1. The minimum absolute atomic E-state index is 0.114.